The molecule has 2 aromatic carbocycles. The molecule has 0 aliphatic heterocycles. The van der Waals surface area contributed by atoms with Gasteiger partial charge in [0, 0.05) is 23.1 Å². The van der Waals surface area contributed by atoms with E-state index in [9.17, 15) is 9.59 Å². The Morgan fingerprint density at radius 1 is 1.18 bits per heavy atom. The Kier molecular flexibility index (Phi) is 5.90. The van der Waals surface area contributed by atoms with Crippen molar-refractivity contribution in [3.05, 3.63) is 64.5 Å². The molecular weight excluding hydrogens is 376 g/mol. The van der Waals surface area contributed by atoms with Gasteiger partial charge in [-0.1, -0.05) is 23.8 Å². The molecular formula is C20H20N4O3S. The van der Waals surface area contributed by atoms with Gasteiger partial charge in [0.1, 0.15) is 5.75 Å². The number of aromatic nitrogens is 1. The minimum atomic E-state index is -0.591. The largest absolute Gasteiger partial charge is 0.496 e. The van der Waals surface area contributed by atoms with Crippen LogP contribution in [0.15, 0.2) is 47.8 Å². The quantitative estimate of drug-likeness (QED) is 0.592. The lowest BCUT2D eigenvalue weighted by Gasteiger charge is -2.07. The Morgan fingerprint density at radius 2 is 1.93 bits per heavy atom. The fraction of sp³-hybridized carbons (Fsp3) is 0.150. The third-order valence-corrected chi connectivity index (χ3v) is 4.80. The van der Waals surface area contributed by atoms with Gasteiger partial charge in [-0.3, -0.25) is 10.1 Å². The van der Waals surface area contributed by atoms with E-state index in [1.807, 2.05) is 30.5 Å². The average molecular weight is 396 g/mol. The second-order valence-corrected chi connectivity index (χ2v) is 6.97. The molecule has 0 aliphatic rings. The molecule has 144 valence electrons. The average Bonchev–Trinajstić information content (AvgIpc) is 3.15. The van der Waals surface area contributed by atoms with Gasteiger partial charge in [0.25, 0.3) is 5.91 Å². The molecule has 0 saturated carbocycles. The number of nitrogens with two attached hydrogens (primary N) is 1. The summed E-state index contributed by atoms with van der Waals surface area (Å²) in [5.74, 6) is 0.473. The number of thiazole rings is 1. The predicted molar refractivity (Wildman–Crippen MR) is 110 cm³/mol. The maximum absolute atomic E-state index is 12.5. The highest BCUT2D eigenvalue weighted by atomic mass is 32.1. The van der Waals surface area contributed by atoms with Gasteiger partial charge in [-0.2, -0.15) is 0 Å². The first-order chi connectivity index (χ1) is 13.5. The molecule has 0 aliphatic carbocycles. The lowest BCUT2D eigenvalue weighted by molar-refractivity contribution is 0.102. The van der Waals surface area contributed by atoms with Crippen molar-refractivity contribution >= 4 is 28.4 Å². The van der Waals surface area contributed by atoms with E-state index >= 15 is 0 Å². The summed E-state index contributed by atoms with van der Waals surface area (Å²) in [6, 6.07) is 12.2. The molecule has 28 heavy (non-hydrogen) atoms. The molecule has 3 aromatic rings. The zero-order valence-electron chi connectivity index (χ0n) is 15.5. The number of methoxy groups -OCH3 is 1. The minimum absolute atomic E-state index is 0.258. The number of primary amides is 1. The molecule has 3 amide bonds. The van der Waals surface area contributed by atoms with E-state index in [0.29, 0.717) is 17.2 Å². The van der Waals surface area contributed by atoms with Gasteiger partial charge in [0.05, 0.1) is 12.8 Å². The molecule has 1 aromatic heterocycles. The lowest BCUT2D eigenvalue weighted by Crippen LogP contribution is -2.28. The number of urea groups is 1. The van der Waals surface area contributed by atoms with Crippen LogP contribution in [-0.2, 0) is 6.54 Å². The van der Waals surface area contributed by atoms with Crippen LogP contribution in [0, 0.1) is 6.92 Å². The molecule has 3 rings (SSSR count). The topological polar surface area (TPSA) is 106 Å². The van der Waals surface area contributed by atoms with Crippen molar-refractivity contribution in [3.8, 4) is 17.0 Å². The maximum Gasteiger partial charge on any atom is 0.312 e. The summed E-state index contributed by atoms with van der Waals surface area (Å²) in [5.41, 5.74) is 9.11. The first-order valence-corrected chi connectivity index (χ1v) is 9.38. The molecule has 0 bridgehead atoms. The predicted octanol–water partition coefficient (Wildman–Crippen LogP) is 3.55. The monoisotopic (exact) mass is 396 g/mol. The van der Waals surface area contributed by atoms with E-state index < -0.39 is 6.03 Å². The van der Waals surface area contributed by atoms with Gasteiger partial charge in [0.2, 0.25) is 0 Å². The molecule has 0 fully saturated rings. The van der Waals surface area contributed by atoms with Crippen LogP contribution in [-0.4, -0.2) is 24.0 Å². The van der Waals surface area contributed by atoms with Gasteiger partial charge in [-0.15, -0.1) is 11.3 Å². The zero-order valence-corrected chi connectivity index (χ0v) is 16.3. The van der Waals surface area contributed by atoms with Gasteiger partial charge in [0.15, 0.2) is 5.13 Å². The van der Waals surface area contributed by atoms with E-state index in [2.05, 4.69) is 15.6 Å². The molecule has 0 atom stereocenters. The molecule has 0 radical (unpaired) electrons. The lowest BCUT2D eigenvalue weighted by atomic mass is 10.1. The van der Waals surface area contributed by atoms with Gasteiger partial charge >= 0.3 is 6.03 Å². The van der Waals surface area contributed by atoms with Crippen molar-refractivity contribution < 1.29 is 14.3 Å². The van der Waals surface area contributed by atoms with Crippen LogP contribution in [0.3, 0.4) is 0 Å². The molecule has 0 spiro atoms. The van der Waals surface area contributed by atoms with Crippen molar-refractivity contribution in [2.24, 2.45) is 5.73 Å². The SMILES string of the molecule is COc1ccc(C)cc1-c1csc(NC(=O)c2ccc(CNC(N)=O)cc2)n1. The highest BCUT2D eigenvalue weighted by Crippen LogP contribution is 2.33. The molecule has 7 nitrogen and oxygen atoms in total. The third-order valence-electron chi connectivity index (χ3n) is 4.04. The Balaban J connectivity index is 1.70. The van der Waals surface area contributed by atoms with Gasteiger partial charge < -0.3 is 15.8 Å². The summed E-state index contributed by atoms with van der Waals surface area (Å²) >= 11 is 1.35. The Hall–Kier alpha value is -3.39. The number of hydrogen-bond donors (Lipinski definition) is 3. The Bertz CT molecular complexity index is 999. The number of nitrogens with zero attached hydrogens (tertiary/aromatic N) is 1. The number of hydrogen-bond acceptors (Lipinski definition) is 5. The van der Waals surface area contributed by atoms with E-state index in [1.54, 1.807) is 31.4 Å². The number of rotatable bonds is 6. The fourth-order valence-electron chi connectivity index (χ4n) is 2.61. The number of amides is 3. The van der Waals surface area contributed by atoms with Crippen LogP contribution in [0.1, 0.15) is 21.5 Å². The molecule has 4 N–H and O–H groups in total. The summed E-state index contributed by atoms with van der Waals surface area (Å²) in [5, 5.41) is 7.69. The van der Waals surface area contributed by atoms with Crippen molar-refractivity contribution in [1.29, 1.82) is 0 Å². The number of carbonyl (C=O) groups excluding carboxylic acids is 2. The van der Waals surface area contributed by atoms with E-state index in [0.717, 1.165) is 28.1 Å². The van der Waals surface area contributed by atoms with Gasteiger partial charge in [-0.05, 0) is 36.8 Å². The standard InChI is InChI=1S/C20H20N4O3S/c1-12-3-8-17(27-2)15(9-12)16-11-28-20(23-16)24-18(25)14-6-4-13(5-7-14)10-22-19(21)26/h3-9,11H,10H2,1-2H3,(H3,21,22,26)(H,23,24,25). The van der Waals surface area contributed by atoms with Crippen LogP contribution in [0.5, 0.6) is 5.75 Å². The molecule has 1 heterocycles. The minimum Gasteiger partial charge on any atom is -0.496 e. The summed E-state index contributed by atoms with van der Waals surface area (Å²) in [7, 11) is 1.62. The summed E-state index contributed by atoms with van der Waals surface area (Å²) < 4.78 is 5.40. The molecule has 8 heteroatoms. The third kappa shape index (κ3) is 4.66. The first-order valence-electron chi connectivity index (χ1n) is 8.50. The van der Waals surface area contributed by atoms with Crippen LogP contribution in [0.25, 0.3) is 11.3 Å². The second kappa shape index (κ2) is 8.53. The molecule has 0 unspecified atom stereocenters. The summed E-state index contributed by atoms with van der Waals surface area (Å²) in [6.45, 7) is 2.31. The summed E-state index contributed by atoms with van der Waals surface area (Å²) in [4.78, 5) is 27.7. The van der Waals surface area contributed by atoms with Gasteiger partial charge in [-0.25, -0.2) is 9.78 Å². The van der Waals surface area contributed by atoms with Crippen molar-refractivity contribution in [3.63, 3.8) is 0 Å². The van der Waals surface area contributed by atoms with E-state index in [1.165, 1.54) is 11.3 Å². The highest BCUT2D eigenvalue weighted by Gasteiger charge is 2.13. The van der Waals surface area contributed by atoms with Crippen molar-refractivity contribution in [2.45, 2.75) is 13.5 Å². The van der Waals surface area contributed by atoms with Crippen LogP contribution >= 0.6 is 11.3 Å². The highest BCUT2D eigenvalue weighted by molar-refractivity contribution is 7.14. The second-order valence-electron chi connectivity index (χ2n) is 6.11. The normalized spacial score (nSPS) is 10.4. The maximum atomic E-state index is 12.5. The fourth-order valence-corrected chi connectivity index (χ4v) is 3.31. The summed E-state index contributed by atoms with van der Waals surface area (Å²) in [6.07, 6.45) is 0. The van der Waals surface area contributed by atoms with Crippen LogP contribution < -0.4 is 21.1 Å². The van der Waals surface area contributed by atoms with Crippen LogP contribution in [0.2, 0.25) is 0 Å². The number of nitrogens with one attached hydrogen (secondary N) is 2. The smallest absolute Gasteiger partial charge is 0.312 e. The Morgan fingerprint density at radius 3 is 2.61 bits per heavy atom. The van der Waals surface area contributed by atoms with E-state index in [4.69, 9.17) is 10.5 Å². The van der Waals surface area contributed by atoms with Crippen LogP contribution in [0.4, 0.5) is 9.93 Å². The first kappa shape index (κ1) is 19.4. The van der Waals surface area contributed by atoms with Crippen molar-refractivity contribution in [1.82, 2.24) is 10.3 Å². The number of carbonyl (C=O) groups is 2. The Labute approximate surface area is 166 Å². The zero-order chi connectivity index (χ0) is 20.1. The number of anilines is 1. The number of ether oxygens (including phenoxy) is 1. The number of benzene rings is 2. The number of aryl methyl sites for hydroxylation is 1. The molecule has 0 saturated heterocycles. The van der Waals surface area contributed by atoms with E-state index in [-0.39, 0.29) is 5.91 Å². The van der Waals surface area contributed by atoms with Crippen molar-refractivity contribution in [2.75, 3.05) is 12.4 Å².